The second kappa shape index (κ2) is 18.3. The van der Waals surface area contributed by atoms with Crippen molar-refractivity contribution in [2.24, 2.45) is 0 Å². The van der Waals surface area contributed by atoms with Gasteiger partial charge in [0.2, 0.25) is 11.8 Å². The van der Waals surface area contributed by atoms with Crippen LogP contribution in [-0.4, -0.2) is 57.9 Å². The van der Waals surface area contributed by atoms with Crippen molar-refractivity contribution in [1.29, 1.82) is 0 Å². The number of likely N-dealkylation sites (tertiary alicyclic amines) is 1. The number of hydroxylamine groups is 1. The molecule has 0 aliphatic carbocycles. The highest BCUT2D eigenvalue weighted by atomic mass is 35.5. The van der Waals surface area contributed by atoms with E-state index in [-0.39, 0.29) is 31.1 Å². The Morgan fingerprint density at radius 3 is 2.17 bits per heavy atom. The highest BCUT2D eigenvalue weighted by Gasteiger charge is 2.37. The summed E-state index contributed by atoms with van der Waals surface area (Å²) < 4.78 is 13.2. The lowest BCUT2D eigenvalue weighted by molar-refractivity contribution is -0.253. The van der Waals surface area contributed by atoms with Crippen LogP contribution in [0.3, 0.4) is 0 Å². The molecule has 0 unspecified atom stereocenters. The molecule has 11 heteroatoms. The van der Waals surface area contributed by atoms with Crippen molar-refractivity contribution in [3.05, 3.63) is 130 Å². The molecule has 2 fully saturated rings. The van der Waals surface area contributed by atoms with Gasteiger partial charge in [0.25, 0.3) is 0 Å². The van der Waals surface area contributed by atoms with Crippen LogP contribution >= 0.6 is 11.6 Å². The minimum atomic E-state index is -0.880. The van der Waals surface area contributed by atoms with E-state index >= 15 is 0 Å². The molecule has 2 heterocycles. The fraction of sp³-hybridized carbons (Fsp3) is 0.381. The molecule has 5 N–H and O–H groups in total. The largest absolute Gasteiger partial charge is 0.392 e. The van der Waals surface area contributed by atoms with Crippen molar-refractivity contribution in [1.82, 2.24) is 15.7 Å². The highest BCUT2D eigenvalue weighted by molar-refractivity contribution is 6.30. The molecule has 4 aromatic rings. The topological polar surface area (TPSA) is 141 Å². The number of nitrogens with one attached hydrogen (secondary N) is 2. The van der Waals surface area contributed by atoms with E-state index in [0.717, 1.165) is 52.0 Å². The van der Waals surface area contributed by atoms with Gasteiger partial charge in [-0.05, 0) is 77.3 Å². The molecule has 2 aliphatic heterocycles. The van der Waals surface area contributed by atoms with E-state index in [4.69, 9.17) is 26.3 Å². The van der Waals surface area contributed by atoms with Crippen LogP contribution in [0, 0.1) is 0 Å². The molecule has 0 bridgehead atoms. The van der Waals surface area contributed by atoms with Crippen LogP contribution in [0.2, 0.25) is 5.02 Å². The fourth-order valence-corrected chi connectivity index (χ4v) is 7.21. The van der Waals surface area contributed by atoms with Gasteiger partial charge in [-0.1, -0.05) is 90.5 Å². The van der Waals surface area contributed by atoms with Gasteiger partial charge in [-0.3, -0.25) is 14.8 Å². The second-order valence-electron chi connectivity index (χ2n) is 14.0. The Hall–Kier alpha value is -4.13. The monoisotopic (exact) mass is 741 g/mol. The van der Waals surface area contributed by atoms with Crippen LogP contribution in [-0.2, 0) is 37.8 Å². The van der Waals surface area contributed by atoms with Gasteiger partial charge in [0.15, 0.2) is 6.29 Å². The van der Waals surface area contributed by atoms with E-state index in [2.05, 4.69) is 28.4 Å². The van der Waals surface area contributed by atoms with Gasteiger partial charge in [0, 0.05) is 56.0 Å². The van der Waals surface area contributed by atoms with Crippen molar-refractivity contribution in [3.63, 3.8) is 0 Å². The number of piperidine rings is 1. The van der Waals surface area contributed by atoms with Crippen LogP contribution < -0.4 is 10.8 Å². The molecule has 10 nitrogen and oxygen atoms in total. The normalized spacial score (nSPS) is 20.1. The standard InChI is InChI=1S/C42H48ClN3O7/c43-36-18-16-35(17-19-36)42(50)20-22-46(23-21-42)27-37-25-38(32-10-8-29(28-47)9-11-32)53-41(52-37)33-14-12-31(13-15-33)34-5-3-4-30(24-34)26-44-39(48)6-1-2-7-40(49)45-51/h3-5,8-19,24,37-38,41,47,50-51H,1-2,6-7,20-23,25-28H2,(H,44,48)(H,45,49)/t37-,38+,41+/m1/s1. The zero-order chi connectivity index (χ0) is 37.2. The van der Waals surface area contributed by atoms with Gasteiger partial charge in [-0.25, -0.2) is 5.48 Å². The number of ether oxygens (including phenoxy) is 2. The third kappa shape index (κ3) is 10.5. The van der Waals surface area contributed by atoms with Crippen LogP contribution in [0.1, 0.15) is 85.2 Å². The number of aliphatic hydroxyl groups is 2. The van der Waals surface area contributed by atoms with E-state index in [1.807, 2.05) is 78.9 Å². The molecule has 0 spiro atoms. The maximum absolute atomic E-state index is 12.3. The molecule has 6 rings (SSSR count). The number of benzene rings is 4. The molecular weight excluding hydrogens is 694 g/mol. The maximum Gasteiger partial charge on any atom is 0.243 e. The Morgan fingerprint density at radius 2 is 1.49 bits per heavy atom. The molecule has 0 radical (unpaired) electrons. The molecule has 0 aromatic heterocycles. The average molecular weight is 742 g/mol. The summed E-state index contributed by atoms with van der Waals surface area (Å²) in [6.45, 7) is 2.57. The van der Waals surface area contributed by atoms with Crippen LogP contribution in [0.15, 0.2) is 97.1 Å². The summed E-state index contributed by atoms with van der Waals surface area (Å²) in [5, 5.41) is 33.2. The van der Waals surface area contributed by atoms with Crippen molar-refractivity contribution in [2.75, 3.05) is 19.6 Å². The van der Waals surface area contributed by atoms with E-state index in [9.17, 15) is 19.8 Å². The number of carbonyl (C=O) groups is 2. The van der Waals surface area contributed by atoms with E-state index in [0.29, 0.717) is 56.6 Å². The molecule has 2 saturated heterocycles. The lowest BCUT2D eigenvalue weighted by atomic mass is 9.84. The van der Waals surface area contributed by atoms with E-state index < -0.39 is 17.8 Å². The molecule has 280 valence electrons. The van der Waals surface area contributed by atoms with Crippen LogP contribution in [0.25, 0.3) is 11.1 Å². The number of rotatable bonds is 14. The number of hydrogen-bond donors (Lipinski definition) is 5. The summed E-state index contributed by atoms with van der Waals surface area (Å²) in [7, 11) is 0. The van der Waals surface area contributed by atoms with Crippen molar-refractivity contribution < 1.29 is 34.5 Å². The fourth-order valence-electron chi connectivity index (χ4n) is 7.08. The molecule has 4 aromatic carbocycles. The Labute approximate surface area is 315 Å². The van der Waals surface area contributed by atoms with Gasteiger partial charge < -0.3 is 29.9 Å². The Bertz CT molecular complexity index is 1800. The molecule has 2 amide bonds. The summed E-state index contributed by atoms with van der Waals surface area (Å²) in [4.78, 5) is 25.8. The van der Waals surface area contributed by atoms with E-state index in [1.165, 1.54) is 0 Å². The second-order valence-corrected chi connectivity index (χ2v) is 14.5. The smallest absolute Gasteiger partial charge is 0.243 e. The number of halogens is 1. The zero-order valence-corrected chi connectivity index (χ0v) is 30.5. The summed E-state index contributed by atoms with van der Waals surface area (Å²) >= 11 is 6.09. The van der Waals surface area contributed by atoms with Crippen LogP contribution in [0.4, 0.5) is 0 Å². The number of unbranched alkanes of at least 4 members (excludes halogenated alkanes) is 1. The number of aliphatic hydroxyl groups excluding tert-OH is 1. The van der Waals surface area contributed by atoms with Gasteiger partial charge >= 0.3 is 0 Å². The average Bonchev–Trinajstić information content (AvgIpc) is 3.20. The van der Waals surface area contributed by atoms with Gasteiger partial charge in [-0.2, -0.15) is 0 Å². The van der Waals surface area contributed by atoms with Crippen molar-refractivity contribution in [3.8, 4) is 11.1 Å². The predicted molar refractivity (Wildman–Crippen MR) is 202 cm³/mol. The van der Waals surface area contributed by atoms with Crippen molar-refractivity contribution >= 4 is 23.4 Å². The SMILES string of the molecule is O=C(CCCCC(=O)NCc1cccc(-c2ccc([C@H]3O[C@@H](CN4CCC(O)(c5ccc(Cl)cc5)CC4)C[C@@H](c4ccc(CO)cc4)O3)cc2)c1)NO. The maximum atomic E-state index is 12.3. The molecule has 53 heavy (non-hydrogen) atoms. The van der Waals surface area contributed by atoms with Gasteiger partial charge in [-0.15, -0.1) is 0 Å². The number of amides is 2. The summed E-state index contributed by atoms with van der Waals surface area (Å²) in [5.74, 6) is -0.537. The van der Waals surface area contributed by atoms with Crippen LogP contribution in [0.5, 0.6) is 0 Å². The highest BCUT2D eigenvalue weighted by Crippen LogP contribution is 2.40. The summed E-state index contributed by atoms with van der Waals surface area (Å²) in [6.07, 6.45) is 2.61. The molecule has 0 saturated carbocycles. The minimum Gasteiger partial charge on any atom is -0.392 e. The lowest BCUT2D eigenvalue weighted by Gasteiger charge is -2.42. The minimum absolute atomic E-state index is 0.0174. The zero-order valence-electron chi connectivity index (χ0n) is 29.8. The summed E-state index contributed by atoms with van der Waals surface area (Å²) in [6, 6.07) is 31.6. The number of carbonyl (C=O) groups excluding carboxylic acids is 2. The molecule has 3 atom stereocenters. The molecule has 2 aliphatic rings. The Morgan fingerprint density at radius 1 is 0.811 bits per heavy atom. The first-order valence-corrected chi connectivity index (χ1v) is 18.7. The first kappa shape index (κ1) is 38.6. The van der Waals surface area contributed by atoms with Gasteiger partial charge in [0.05, 0.1) is 24.4 Å². The Balaban J connectivity index is 1.09. The Kier molecular flexibility index (Phi) is 13.3. The first-order valence-electron chi connectivity index (χ1n) is 18.3. The summed E-state index contributed by atoms with van der Waals surface area (Å²) in [5.41, 5.74) is 7.42. The van der Waals surface area contributed by atoms with E-state index in [1.54, 1.807) is 5.48 Å². The quantitative estimate of drug-likeness (QED) is 0.0546. The van der Waals surface area contributed by atoms with Gasteiger partial charge in [0.1, 0.15) is 0 Å². The lowest BCUT2D eigenvalue weighted by Crippen LogP contribution is -2.46. The molecular formula is C42H48ClN3O7. The predicted octanol–water partition coefficient (Wildman–Crippen LogP) is 6.71. The third-order valence-corrected chi connectivity index (χ3v) is 10.5. The van der Waals surface area contributed by atoms with Crippen molar-refractivity contribution in [2.45, 2.75) is 82.2 Å². The first-order chi connectivity index (χ1) is 25.7. The number of nitrogens with zero attached hydrogens (tertiary/aromatic N) is 1. The third-order valence-electron chi connectivity index (χ3n) is 10.3. The number of hydrogen-bond acceptors (Lipinski definition) is 8.